The number of aromatic amines is 2. The van der Waals surface area contributed by atoms with E-state index in [2.05, 4.69) is 30.5 Å². The number of nitrogens with one attached hydrogen (secondary N) is 3. The molecule has 2 aromatic rings. The number of nitrogens with zero attached hydrogens (tertiary/aromatic N) is 3. The molecule has 7 nitrogen and oxygen atoms in total. The third-order valence-corrected chi connectivity index (χ3v) is 1.76. The molecule has 7 heteroatoms. The van der Waals surface area contributed by atoms with Crippen LogP contribution in [0.5, 0.6) is 0 Å². The molecule has 0 aliphatic rings. The first-order valence-electron chi connectivity index (χ1n) is 4.40. The van der Waals surface area contributed by atoms with Gasteiger partial charge in [-0.05, 0) is 6.92 Å². The van der Waals surface area contributed by atoms with Gasteiger partial charge >= 0.3 is 0 Å². The van der Waals surface area contributed by atoms with Gasteiger partial charge in [0, 0.05) is 6.07 Å². The fourth-order valence-electron chi connectivity index (χ4n) is 1.16. The van der Waals surface area contributed by atoms with Crippen molar-refractivity contribution in [2.45, 2.75) is 13.5 Å². The van der Waals surface area contributed by atoms with Crippen LogP contribution in [0.3, 0.4) is 0 Å². The number of aromatic nitrogens is 5. The number of hydrogen-bond donors (Lipinski definition) is 3. The van der Waals surface area contributed by atoms with E-state index in [4.69, 9.17) is 0 Å². The zero-order chi connectivity index (χ0) is 10.7. The summed E-state index contributed by atoms with van der Waals surface area (Å²) in [6, 6.07) is 1.39. The maximum atomic E-state index is 11.1. The molecule has 0 unspecified atom stereocenters. The van der Waals surface area contributed by atoms with Gasteiger partial charge in [-0.25, -0.2) is 9.97 Å². The molecular formula is C8H10N6O. The summed E-state index contributed by atoms with van der Waals surface area (Å²) in [6.45, 7) is 2.18. The van der Waals surface area contributed by atoms with E-state index in [1.54, 1.807) is 6.92 Å². The fraction of sp³-hybridized carbons (Fsp3) is 0.250. The van der Waals surface area contributed by atoms with E-state index >= 15 is 0 Å². The lowest BCUT2D eigenvalue weighted by molar-refractivity contribution is 0.933. The standard InChI is InChI=1S/C8H10N6O/c1-5-12-6(2-8(15)13-5)9-3-7-10-4-11-14-7/h2,4H,3H2,1H3,(H,10,11,14)(H2,9,12,13,15). The highest BCUT2D eigenvalue weighted by Crippen LogP contribution is 1.99. The number of anilines is 1. The van der Waals surface area contributed by atoms with Crippen molar-refractivity contribution in [2.24, 2.45) is 0 Å². The summed E-state index contributed by atoms with van der Waals surface area (Å²) < 4.78 is 0. The Hall–Kier alpha value is -2.18. The van der Waals surface area contributed by atoms with Crippen LogP contribution >= 0.6 is 0 Å². The van der Waals surface area contributed by atoms with E-state index in [0.717, 1.165) is 0 Å². The minimum Gasteiger partial charge on any atom is -0.363 e. The summed E-state index contributed by atoms with van der Waals surface area (Å²) >= 11 is 0. The molecule has 0 bridgehead atoms. The van der Waals surface area contributed by atoms with Crippen molar-refractivity contribution in [3.8, 4) is 0 Å². The number of aryl methyl sites for hydroxylation is 1. The first-order chi connectivity index (χ1) is 7.24. The molecule has 0 saturated heterocycles. The van der Waals surface area contributed by atoms with E-state index < -0.39 is 0 Å². The Morgan fingerprint density at radius 3 is 3.07 bits per heavy atom. The molecule has 2 heterocycles. The Morgan fingerprint density at radius 1 is 1.53 bits per heavy atom. The molecule has 0 saturated carbocycles. The summed E-state index contributed by atoms with van der Waals surface area (Å²) in [5.41, 5.74) is -0.178. The van der Waals surface area contributed by atoms with Crippen molar-refractivity contribution in [1.29, 1.82) is 0 Å². The van der Waals surface area contributed by atoms with Gasteiger partial charge in [-0.2, -0.15) is 5.10 Å². The van der Waals surface area contributed by atoms with Gasteiger partial charge in [-0.1, -0.05) is 0 Å². The third-order valence-electron chi connectivity index (χ3n) is 1.76. The number of H-pyrrole nitrogens is 2. The van der Waals surface area contributed by atoms with Crippen LogP contribution in [0.1, 0.15) is 11.6 Å². The zero-order valence-corrected chi connectivity index (χ0v) is 8.11. The minimum atomic E-state index is -0.178. The Kier molecular flexibility index (Phi) is 2.44. The molecule has 0 fully saturated rings. The van der Waals surface area contributed by atoms with Crippen LogP contribution in [-0.2, 0) is 6.54 Å². The van der Waals surface area contributed by atoms with Crippen LogP contribution in [0, 0.1) is 6.92 Å². The Balaban J connectivity index is 2.08. The molecule has 0 aliphatic heterocycles. The smallest absolute Gasteiger partial charge is 0.252 e. The normalized spacial score (nSPS) is 10.2. The second-order valence-corrected chi connectivity index (χ2v) is 3.00. The second kappa shape index (κ2) is 3.91. The molecule has 0 aliphatic carbocycles. The molecule has 2 aromatic heterocycles. The van der Waals surface area contributed by atoms with Gasteiger partial charge in [0.15, 0.2) is 0 Å². The van der Waals surface area contributed by atoms with Crippen LogP contribution in [0.25, 0.3) is 0 Å². The van der Waals surface area contributed by atoms with Crippen molar-refractivity contribution >= 4 is 5.82 Å². The molecular weight excluding hydrogens is 196 g/mol. The maximum Gasteiger partial charge on any atom is 0.252 e. The molecule has 0 spiro atoms. The maximum absolute atomic E-state index is 11.1. The van der Waals surface area contributed by atoms with Crippen LogP contribution in [0.2, 0.25) is 0 Å². The molecule has 0 radical (unpaired) electrons. The Morgan fingerprint density at radius 2 is 2.40 bits per heavy atom. The van der Waals surface area contributed by atoms with Gasteiger partial charge in [0.25, 0.3) is 5.56 Å². The summed E-state index contributed by atoms with van der Waals surface area (Å²) in [7, 11) is 0. The van der Waals surface area contributed by atoms with Crippen molar-refractivity contribution in [3.05, 3.63) is 34.4 Å². The average Bonchev–Trinajstić information content (AvgIpc) is 2.65. The minimum absolute atomic E-state index is 0.178. The van der Waals surface area contributed by atoms with Gasteiger partial charge in [-0.3, -0.25) is 9.89 Å². The fourth-order valence-corrected chi connectivity index (χ4v) is 1.16. The third kappa shape index (κ3) is 2.39. The molecule has 0 amide bonds. The number of hydrogen-bond acceptors (Lipinski definition) is 5. The zero-order valence-electron chi connectivity index (χ0n) is 8.11. The highest BCUT2D eigenvalue weighted by molar-refractivity contribution is 5.32. The molecule has 3 N–H and O–H groups in total. The monoisotopic (exact) mass is 206 g/mol. The van der Waals surface area contributed by atoms with E-state index in [1.807, 2.05) is 0 Å². The second-order valence-electron chi connectivity index (χ2n) is 3.00. The van der Waals surface area contributed by atoms with Crippen molar-refractivity contribution in [2.75, 3.05) is 5.32 Å². The first kappa shape index (κ1) is 9.38. The predicted octanol–water partition coefficient (Wildman–Crippen LogP) is -0.191. The summed E-state index contributed by atoms with van der Waals surface area (Å²) in [4.78, 5) is 21.7. The van der Waals surface area contributed by atoms with Crippen LogP contribution in [-0.4, -0.2) is 25.1 Å². The predicted molar refractivity (Wildman–Crippen MR) is 53.3 cm³/mol. The van der Waals surface area contributed by atoms with Crippen molar-refractivity contribution < 1.29 is 0 Å². The largest absolute Gasteiger partial charge is 0.363 e. The highest BCUT2D eigenvalue weighted by Gasteiger charge is 1.99. The lowest BCUT2D eigenvalue weighted by atomic mass is 10.5. The van der Waals surface area contributed by atoms with Crippen molar-refractivity contribution in [3.63, 3.8) is 0 Å². The molecule has 2 rings (SSSR count). The lowest BCUT2D eigenvalue weighted by Crippen LogP contribution is -2.12. The lowest BCUT2D eigenvalue weighted by Gasteiger charge is -2.02. The van der Waals surface area contributed by atoms with Gasteiger partial charge in [0.2, 0.25) is 0 Å². The SMILES string of the molecule is Cc1nc(NCc2ncn[nH]2)cc(=O)[nH]1. The first-order valence-corrected chi connectivity index (χ1v) is 4.40. The van der Waals surface area contributed by atoms with Gasteiger partial charge < -0.3 is 10.3 Å². The highest BCUT2D eigenvalue weighted by atomic mass is 16.1. The van der Waals surface area contributed by atoms with E-state index in [1.165, 1.54) is 12.4 Å². The molecule has 78 valence electrons. The van der Waals surface area contributed by atoms with Gasteiger partial charge in [-0.15, -0.1) is 0 Å². The van der Waals surface area contributed by atoms with E-state index in [-0.39, 0.29) is 5.56 Å². The summed E-state index contributed by atoms with van der Waals surface area (Å²) in [5.74, 6) is 1.78. The van der Waals surface area contributed by atoms with Crippen LogP contribution in [0.15, 0.2) is 17.2 Å². The van der Waals surface area contributed by atoms with Crippen LogP contribution in [0.4, 0.5) is 5.82 Å². The Labute approximate surface area is 85.0 Å². The average molecular weight is 206 g/mol. The summed E-state index contributed by atoms with van der Waals surface area (Å²) in [5, 5.41) is 9.37. The van der Waals surface area contributed by atoms with E-state index in [0.29, 0.717) is 24.0 Å². The van der Waals surface area contributed by atoms with Gasteiger partial charge in [0.05, 0.1) is 6.54 Å². The molecule has 15 heavy (non-hydrogen) atoms. The molecule has 0 aromatic carbocycles. The van der Waals surface area contributed by atoms with Gasteiger partial charge in [0.1, 0.15) is 23.8 Å². The van der Waals surface area contributed by atoms with E-state index in [9.17, 15) is 4.79 Å². The Bertz CT molecular complexity index is 488. The number of rotatable bonds is 3. The summed E-state index contributed by atoms with van der Waals surface area (Å²) in [6.07, 6.45) is 1.42. The van der Waals surface area contributed by atoms with Crippen LogP contribution < -0.4 is 10.9 Å². The quantitative estimate of drug-likeness (QED) is 0.646. The molecule has 0 atom stereocenters. The topological polar surface area (TPSA) is 99.3 Å². The van der Waals surface area contributed by atoms with Crippen molar-refractivity contribution in [1.82, 2.24) is 25.1 Å².